The lowest BCUT2D eigenvalue weighted by atomic mass is 10.1. The Morgan fingerprint density at radius 1 is 0.931 bits per heavy atom. The molecule has 0 bridgehead atoms. The number of sulfonamides is 1. The number of hydrogen-bond donors (Lipinski definition) is 2. The first-order valence-corrected chi connectivity index (χ1v) is 11.3. The lowest BCUT2D eigenvalue weighted by Gasteiger charge is -2.09. The van der Waals surface area contributed by atoms with Crippen molar-refractivity contribution >= 4 is 38.2 Å². The maximum absolute atomic E-state index is 12.6. The molecule has 4 rings (SSSR count). The predicted molar refractivity (Wildman–Crippen MR) is 120 cm³/mol. The van der Waals surface area contributed by atoms with Gasteiger partial charge in [0.25, 0.3) is 10.0 Å². The summed E-state index contributed by atoms with van der Waals surface area (Å²) in [6.45, 7) is 2.10. The van der Waals surface area contributed by atoms with Crippen molar-refractivity contribution in [3.63, 3.8) is 0 Å². The van der Waals surface area contributed by atoms with Gasteiger partial charge in [0.1, 0.15) is 0 Å². The van der Waals surface area contributed by atoms with Gasteiger partial charge in [-0.3, -0.25) is 4.72 Å². The first kappa shape index (κ1) is 19.6. The Labute approximate surface area is 175 Å². The highest BCUT2D eigenvalue weighted by Gasteiger charge is 2.14. The third kappa shape index (κ3) is 4.31. The first-order valence-electron chi connectivity index (χ1n) is 9.45. The summed E-state index contributed by atoms with van der Waals surface area (Å²) in [5, 5.41) is 1.72. The fourth-order valence-electron chi connectivity index (χ4n) is 3.31. The quantitative estimate of drug-likeness (QED) is 0.384. The molecule has 0 saturated heterocycles. The third-order valence-corrected chi connectivity index (χ3v) is 6.44. The second-order valence-electron chi connectivity index (χ2n) is 6.99. The van der Waals surface area contributed by atoms with Crippen LogP contribution in [0.2, 0.25) is 5.02 Å². The van der Waals surface area contributed by atoms with Gasteiger partial charge in [0, 0.05) is 27.3 Å². The molecule has 6 heteroatoms. The largest absolute Gasteiger partial charge is 0.355 e. The number of benzene rings is 3. The van der Waals surface area contributed by atoms with E-state index in [1.165, 1.54) is 0 Å². The summed E-state index contributed by atoms with van der Waals surface area (Å²) in [5.41, 5.74) is 4.56. The van der Waals surface area contributed by atoms with Crippen molar-refractivity contribution in [2.24, 2.45) is 0 Å². The van der Waals surface area contributed by atoms with Gasteiger partial charge in [-0.1, -0.05) is 49.2 Å². The van der Waals surface area contributed by atoms with Crippen LogP contribution in [0, 0.1) is 0 Å². The van der Waals surface area contributed by atoms with Crippen LogP contribution in [-0.4, -0.2) is 13.4 Å². The minimum atomic E-state index is -3.62. The van der Waals surface area contributed by atoms with E-state index < -0.39 is 10.0 Å². The van der Waals surface area contributed by atoms with E-state index in [4.69, 9.17) is 11.6 Å². The Balaban J connectivity index is 1.53. The molecule has 3 aromatic carbocycles. The summed E-state index contributed by atoms with van der Waals surface area (Å²) >= 11 is 6.05. The molecule has 4 nitrogen and oxygen atoms in total. The standard InChI is InChI=1S/C23H21ClN2O2S/c1-2-3-16-4-11-21(12-5-16)29(27,28)26-20-9-6-17(7-10-20)23-15-18-14-19(24)8-13-22(18)25-23/h4-15,25-26H,2-3H2,1H3. The summed E-state index contributed by atoms with van der Waals surface area (Å²) in [6.07, 6.45) is 1.97. The van der Waals surface area contributed by atoms with Crippen LogP contribution in [0.3, 0.4) is 0 Å². The zero-order valence-electron chi connectivity index (χ0n) is 15.9. The summed E-state index contributed by atoms with van der Waals surface area (Å²) < 4.78 is 27.9. The summed E-state index contributed by atoms with van der Waals surface area (Å²) in [4.78, 5) is 3.61. The van der Waals surface area contributed by atoms with E-state index >= 15 is 0 Å². The molecule has 0 saturated carbocycles. The van der Waals surface area contributed by atoms with Gasteiger partial charge in [0.05, 0.1) is 4.90 Å². The molecule has 1 aromatic heterocycles. The highest BCUT2D eigenvalue weighted by atomic mass is 35.5. The topological polar surface area (TPSA) is 62.0 Å². The van der Waals surface area contributed by atoms with Crippen LogP contribution in [0.25, 0.3) is 22.2 Å². The molecule has 2 N–H and O–H groups in total. The van der Waals surface area contributed by atoms with Gasteiger partial charge in [-0.25, -0.2) is 8.42 Å². The Hall–Kier alpha value is -2.76. The molecule has 148 valence electrons. The van der Waals surface area contributed by atoms with Crippen molar-refractivity contribution in [1.29, 1.82) is 0 Å². The Morgan fingerprint density at radius 3 is 2.34 bits per heavy atom. The van der Waals surface area contributed by atoms with Crippen LogP contribution < -0.4 is 4.72 Å². The van der Waals surface area contributed by atoms with E-state index in [-0.39, 0.29) is 4.90 Å². The molecule has 1 heterocycles. The van der Waals surface area contributed by atoms with Gasteiger partial charge < -0.3 is 4.98 Å². The molecule has 0 atom stereocenters. The van der Waals surface area contributed by atoms with Crippen LogP contribution in [-0.2, 0) is 16.4 Å². The molecule has 0 amide bonds. The maximum Gasteiger partial charge on any atom is 0.261 e. The minimum absolute atomic E-state index is 0.258. The van der Waals surface area contributed by atoms with Gasteiger partial charge in [0.15, 0.2) is 0 Å². The number of nitrogens with one attached hydrogen (secondary N) is 2. The zero-order chi connectivity index (χ0) is 20.4. The van der Waals surface area contributed by atoms with Crippen LogP contribution >= 0.6 is 11.6 Å². The highest BCUT2D eigenvalue weighted by Crippen LogP contribution is 2.27. The number of H-pyrrole nitrogens is 1. The van der Waals surface area contributed by atoms with Crippen molar-refractivity contribution in [3.05, 3.63) is 83.4 Å². The highest BCUT2D eigenvalue weighted by molar-refractivity contribution is 7.92. The molecule has 0 unspecified atom stereocenters. The van der Waals surface area contributed by atoms with Crippen LogP contribution in [0.15, 0.2) is 77.7 Å². The molecule has 0 aliphatic carbocycles. The van der Waals surface area contributed by atoms with Crippen LogP contribution in [0.1, 0.15) is 18.9 Å². The number of aryl methyl sites for hydroxylation is 1. The summed E-state index contributed by atoms with van der Waals surface area (Å²) in [7, 11) is -3.62. The van der Waals surface area contributed by atoms with Crippen molar-refractivity contribution < 1.29 is 8.42 Å². The summed E-state index contributed by atoms with van der Waals surface area (Å²) in [6, 6.07) is 22.0. The first-order chi connectivity index (χ1) is 13.9. The molecule has 0 fully saturated rings. The molecular formula is C23H21ClN2O2S. The van der Waals surface area contributed by atoms with Gasteiger partial charge in [-0.15, -0.1) is 0 Å². The Bertz CT molecular complexity index is 1240. The van der Waals surface area contributed by atoms with E-state index in [9.17, 15) is 8.42 Å². The summed E-state index contributed by atoms with van der Waals surface area (Å²) in [5.74, 6) is 0. The predicted octanol–water partition coefficient (Wildman–Crippen LogP) is 6.24. The molecule has 0 aliphatic heterocycles. The number of aromatic nitrogens is 1. The van der Waals surface area contributed by atoms with Crippen molar-refractivity contribution in [1.82, 2.24) is 4.98 Å². The van der Waals surface area contributed by atoms with E-state index in [0.717, 1.165) is 40.6 Å². The molecular weight excluding hydrogens is 404 g/mol. The van der Waals surface area contributed by atoms with Crippen LogP contribution in [0.5, 0.6) is 0 Å². The number of fused-ring (bicyclic) bond motifs is 1. The monoisotopic (exact) mass is 424 g/mol. The number of aromatic amines is 1. The Morgan fingerprint density at radius 2 is 1.66 bits per heavy atom. The number of halogens is 1. The molecule has 4 aromatic rings. The fraction of sp³-hybridized carbons (Fsp3) is 0.130. The average Bonchev–Trinajstić information content (AvgIpc) is 3.12. The molecule has 0 aliphatic rings. The number of rotatable bonds is 6. The smallest absolute Gasteiger partial charge is 0.261 e. The third-order valence-electron chi connectivity index (χ3n) is 4.80. The maximum atomic E-state index is 12.6. The minimum Gasteiger partial charge on any atom is -0.355 e. The van der Waals surface area contributed by atoms with E-state index in [1.54, 1.807) is 24.3 Å². The van der Waals surface area contributed by atoms with Gasteiger partial charge in [0.2, 0.25) is 0 Å². The lowest BCUT2D eigenvalue weighted by molar-refractivity contribution is 0.601. The number of anilines is 1. The van der Waals surface area contributed by atoms with Crippen molar-refractivity contribution in [2.45, 2.75) is 24.7 Å². The average molecular weight is 425 g/mol. The van der Waals surface area contributed by atoms with Gasteiger partial charge >= 0.3 is 0 Å². The van der Waals surface area contributed by atoms with Crippen LogP contribution in [0.4, 0.5) is 5.69 Å². The number of hydrogen-bond acceptors (Lipinski definition) is 2. The van der Waals surface area contributed by atoms with Gasteiger partial charge in [-0.05, 0) is 66.1 Å². The van der Waals surface area contributed by atoms with E-state index in [2.05, 4.69) is 16.6 Å². The molecule has 29 heavy (non-hydrogen) atoms. The van der Waals surface area contributed by atoms with Gasteiger partial charge in [-0.2, -0.15) is 0 Å². The second kappa shape index (κ2) is 7.93. The van der Waals surface area contributed by atoms with Crippen molar-refractivity contribution in [3.8, 4) is 11.3 Å². The Kier molecular flexibility index (Phi) is 5.35. The van der Waals surface area contributed by atoms with E-state index in [1.807, 2.05) is 48.5 Å². The zero-order valence-corrected chi connectivity index (χ0v) is 17.5. The second-order valence-corrected chi connectivity index (χ2v) is 9.11. The normalized spacial score (nSPS) is 11.7. The van der Waals surface area contributed by atoms with Crippen molar-refractivity contribution in [2.75, 3.05) is 4.72 Å². The molecule has 0 spiro atoms. The van der Waals surface area contributed by atoms with E-state index in [0.29, 0.717) is 10.7 Å². The lowest BCUT2D eigenvalue weighted by Crippen LogP contribution is -2.12. The SMILES string of the molecule is CCCc1ccc(S(=O)(=O)Nc2ccc(-c3cc4cc(Cl)ccc4[nH]3)cc2)cc1. The fourth-order valence-corrected chi connectivity index (χ4v) is 4.55. The molecule has 0 radical (unpaired) electrons.